The summed E-state index contributed by atoms with van der Waals surface area (Å²) in [5.41, 5.74) is 2.78. The second-order valence-corrected chi connectivity index (χ2v) is 9.48. The van der Waals surface area contributed by atoms with Gasteiger partial charge in [0.15, 0.2) is 0 Å². The molecule has 2 aromatic rings. The van der Waals surface area contributed by atoms with E-state index in [0.29, 0.717) is 9.90 Å². The molecule has 1 aromatic carbocycles. The van der Waals surface area contributed by atoms with E-state index in [0.717, 1.165) is 50.4 Å². The number of anilines is 3. The van der Waals surface area contributed by atoms with Gasteiger partial charge in [0.2, 0.25) is 0 Å². The summed E-state index contributed by atoms with van der Waals surface area (Å²) < 4.78 is 28.7. The molecule has 0 saturated carbocycles. The molecule has 4 rings (SSSR count). The topological polar surface area (TPSA) is 52.7 Å². The fourth-order valence-corrected chi connectivity index (χ4v) is 5.68. The van der Waals surface area contributed by atoms with Gasteiger partial charge in [0.05, 0.1) is 11.4 Å². The van der Waals surface area contributed by atoms with Gasteiger partial charge in [-0.15, -0.1) is 11.3 Å². The quantitative estimate of drug-likeness (QED) is 0.862. The van der Waals surface area contributed by atoms with E-state index in [1.165, 1.54) is 24.2 Å². The Morgan fingerprint density at radius 2 is 1.60 bits per heavy atom. The summed E-state index contributed by atoms with van der Waals surface area (Å²) in [7, 11) is -3.54. The Hall–Kier alpha value is -1.73. The molecule has 0 radical (unpaired) electrons. The van der Waals surface area contributed by atoms with Crippen LogP contribution in [0, 0.1) is 0 Å². The van der Waals surface area contributed by atoms with Crippen LogP contribution in [0.25, 0.3) is 0 Å². The maximum atomic E-state index is 12.7. The monoisotopic (exact) mass is 377 g/mol. The van der Waals surface area contributed by atoms with Crippen molar-refractivity contribution in [3.63, 3.8) is 0 Å². The van der Waals surface area contributed by atoms with E-state index >= 15 is 0 Å². The first-order chi connectivity index (χ1) is 12.1. The van der Waals surface area contributed by atoms with E-state index in [4.69, 9.17) is 0 Å². The summed E-state index contributed by atoms with van der Waals surface area (Å²) >= 11 is 1.24. The zero-order valence-electron chi connectivity index (χ0n) is 14.1. The Morgan fingerprint density at radius 1 is 0.920 bits per heavy atom. The molecule has 0 atom stereocenters. The molecule has 134 valence electrons. The van der Waals surface area contributed by atoms with Crippen molar-refractivity contribution in [1.29, 1.82) is 0 Å². The van der Waals surface area contributed by atoms with Gasteiger partial charge in [-0.1, -0.05) is 6.07 Å². The largest absolute Gasteiger partial charge is 0.371 e. The summed E-state index contributed by atoms with van der Waals surface area (Å²) in [6.45, 7) is 4.05. The lowest BCUT2D eigenvalue weighted by Gasteiger charge is -2.25. The first-order valence-corrected chi connectivity index (χ1v) is 11.2. The van der Waals surface area contributed by atoms with Crippen LogP contribution in [0.4, 0.5) is 17.1 Å². The van der Waals surface area contributed by atoms with Crippen LogP contribution in [0.2, 0.25) is 0 Å². The van der Waals surface area contributed by atoms with Crippen LogP contribution in [0.3, 0.4) is 0 Å². The Balaban J connectivity index is 1.70. The molecule has 2 aliphatic heterocycles. The third-order valence-electron chi connectivity index (χ3n) is 4.90. The van der Waals surface area contributed by atoms with E-state index in [1.54, 1.807) is 17.5 Å². The molecule has 3 heterocycles. The molecular weight excluding hydrogens is 354 g/mol. The van der Waals surface area contributed by atoms with Crippen LogP contribution in [0.15, 0.2) is 39.9 Å². The van der Waals surface area contributed by atoms with E-state index in [1.807, 2.05) is 6.07 Å². The van der Waals surface area contributed by atoms with E-state index < -0.39 is 10.0 Å². The van der Waals surface area contributed by atoms with Gasteiger partial charge in [-0.05, 0) is 55.3 Å². The van der Waals surface area contributed by atoms with Gasteiger partial charge < -0.3 is 9.80 Å². The number of sulfonamides is 1. The molecule has 0 bridgehead atoms. The average Bonchev–Trinajstić information content (AvgIpc) is 3.36. The van der Waals surface area contributed by atoms with Crippen LogP contribution in [-0.4, -0.2) is 34.6 Å². The summed E-state index contributed by atoms with van der Waals surface area (Å²) in [6, 6.07) is 9.62. The van der Waals surface area contributed by atoms with Gasteiger partial charge in [0.1, 0.15) is 4.21 Å². The highest BCUT2D eigenvalue weighted by Crippen LogP contribution is 2.35. The second-order valence-electron chi connectivity index (χ2n) is 6.63. The van der Waals surface area contributed by atoms with Crippen molar-refractivity contribution in [2.75, 3.05) is 40.7 Å². The molecule has 1 N–H and O–H groups in total. The Bertz CT molecular complexity index is 822. The molecule has 2 aliphatic rings. The van der Waals surface area contributed by atoms with Crippen molar-refractivity contribution in [3.05, 3.63) is 35.7 Å². The van der Waals surface area contributed by atoms with Gasteiger partial charge in [-0.25, -0.2) is 8.42 Å². The molecule has 25 heavy (non-hydrogen) atoms. The summed E-state index contributed by atoms with van der Waals surface area (Å²) in [5.74, 6) is 0. The lowest BCUT2D eigenvalue weighted by Crippen LogP contribution is -2.22. The summed E-state index contributed by atoms with van der Waals surface area (Å²) in [5, 5.41) is 1.79. The number of thiophene rings is 1. The SMILES string of the molecule is O=S(=O)(Nc1cc(N2CCCC2)ccc1N1CCCC1)c1cccs1. The van der Waals surface area contributed by atoms with Crippen molar-refractivity contribution < 1.29 is 8.42 Å². The maximum Gasteiger partial charge on any atom is 0.271 e. The van der Waals surface area contributed by atoms with Crippen LogP contribution in [0.1, 0.15) is 25.7 Å². The summed E-state index contributed by atoms with van der Waals surface area (Å²) in [4.78, 5) is 4.61. The minimum absolute atomic E-state index is 0.353. The highest BCUT2D eigenvalue weighted by molar-refractivity contribution is 7.94. The van der Waals surface area contributed by atoms with Crippen molar-refractivity contribution in [1.82, 2.24) is 0 Å². The predicted molar refractivity (Wildman–Crippen MR) is 104 cm³/mol. The molecular formula is C18H23N3O2S2. The third kappa shape index (κ3) is 3.48. The van der Waals surface area contributed by atoms with Gasteiger partial charge in [0.25, 0.3) is 10.0 Å². The van der Waals surface area contributed by atoms with Crippen molar-refractivity contribution in [3.8, 4) is 0 Å². The molecule has 7 heteroatoms. The first-order valence-electron chi connectivity index (χ1n) is 8.84. The fourth-order valence-electron chi connectivity index (χ4n) is 3.62. The van der Waals surface area contributed by atoms with E-state index in [9.17, 15) is 8.42 Å². The molecule has 0 amide bonds. The van der Waals surface area contributed by atoms with Crippen molar-refractivity contribution in [2.45, 2.75) is 29.9 Å². The first kappa shape index (κ1) is 16.7. The standard InChI is InChI=1S/C18H23N3O2S2/c22-25(23,18-6-5-13-24-18)19-16-14-15(20-9-1-2-10-20)7-8-17(16)21-11-3-4-12-21/h5-8,13-14,19H,1-4,9-12H2. The maximum absolute atomic E-state index is 12.7. The van der Waals surface area contributed by atoms with Gasteiger partial charge in [-0.3, -0.25) is 4.72 Å². The predicted octanol–water partition coefficient (Wildman–Crippen LogP) is 3.75. The van der Waals surface area contributed by atoms with Crippen LogP contribution in [0.5, 0.6) is 0 Å². The van der Waals surface area contributed by atoms with Crippen LogP contribution < -0.4 is 14.5 Å². The third-order valence-corrected chi connectivity index (χ3v) is 7.67. The molecule has 2 saturated heterocycles. The second kappa shape index (κ2) is 6.88. The number of nitrogens with one attached hydrogen (secondary N) is 1. The van der Waals surface area contributed by atoms with E-state index in [-0.39, 0.29) is 0 Å². The lowest BCUT2D eigenvalue weighted by molar-refractivity contribution is 0.603. The minimum Gasteiger partial charge on any atom is -0.371 e. The van der Waals surface area contributed by atoms with Crippen molar-refractivity contribution in [2.24, 2.45) is 0 Å². The highest BCUT2D eigenvalue weighted by Gasteiger charge is 2.23. The van der Waals surface area contributed by atoms with Gasteiger partial charge in [0, 0.05) is 31.9 Å². The number of nitrogens with zero attached hydrogens (tertiary/aromatic N) is 2. The van der Waals surface area contributed by atoms with Gasteiger partial charge in [-0.2, -0.15) is 0 Å². The normalized spacial score (nSPS) is 18.1. The molecule has 0 unspecified atom stereocenters. The van der Waals surface area contributed by atoms with E-state index in [2.05, 4.69) is 26.7 Å². The highest BCUT2D eigenvalue weighted by atomic mass is 32.2. The zero-order valence-corrected chi connectivity index (χ0v) is 15.8. The lowest BCUT2D eigenvalue weighted by atomic mass is 10.2. The molecule has 5 nitrogen and oxygen atoms in total. The number of hydrogen-bond acceptors (Lipinski definition) is 5. The molecule has 0 spiro atoms. The Kier molecular flexibility index (Phi) is 4.60. The fraction of sp³-hybridized carbons (Fsp3) is 0.444. The zero-order chi connectivity index (χ0) is 17.3. The number of rotatable bonds is 5. The van der Waals surface area contributed by atoms with Gasteiger partial charge >= 0.3 is 0 Å². The number of hydrogen-bond donors (Lipinski definition) is 1. The molecule has 2 fully saturated rings. The molecule has 1 aromatic heterocycles. The smallest absolute Gasteiger partial charge is 0.271 e. The Morgan fingerprint density at radius 3 is 2.24 bits per heavy atom. The van der Waals surface area contributed by atoms with Crippen LogP contribution >= 0.6 is 11.3 Å². The Labute approximate surface area is 153 Å². The minimum atomic E-state index is -3.54. The summed E-state index contributed by atoms with van der Waals surface area (Å²) in [6.07, 6.45) is 4.71. The van der Waals surface area contributed by atoms with Crippen molar-refractivity contribution >= 4 is 38.4 Å². The average molecular weight is 378 g/mol. The number of benzene rings is 1. The molecule has 0 aliphatic carbocycles. The van der Waals surface area contributed by atoms with Crippen LogP contribution in [-0.2, 0) is 10.0 Å².